The first kappa shape index (κ1) is 14.3. The molecule has 0 aromatic heterocycles. The van der Waals surface area contributed by atoms with E-state index in [1.54, 1.807) is 4.90 Å². The minimum absolute atomic E-state index is 0.378. The molecule has 2 aromatic rings. The van der Waals surface area contributed by atoms with E-state index in [0.29, 0.717) is 18.7 Å². The molecule has 1 fully saturated rings. The van der Waals surface area contributed by atoms with Crippen molar-refractivity contribution in [3.8, 4) is 0 Å². The minimum Gasteiger partial charge on any atom is -0.331 e. The molecule has 0 atom stereocenters. The summed E-state index contributed by atoms with van der Waals surface area (Å²) in [4.78, 5) is 25.8. The van der Waals surface area contributed by atoms with Crippen molar-refractivity contribution in [2.75, 3.05) is 13.1 Å². The zero-order chi connectivity index (χ0) is 15.4. The smallest absolute Gasteiger partial charge is 0.294 e. The highest BCUT2D eigenvalue weighted by molar-refractivity contribution is 6.45. The molecular formula is C19H17NO2. The summed E-state index contributed by atoms with van der Waals surface area (Å²) in [6.07, 6.45) is 2.57. The average molecular weight is 291 g/mol. The summed E-state index contributed by atoms with van der Waals surface area (Å²) in [5.41, 5.74) is 2.69. The van der Waals surface area contributed by atoms with Crippen LogP contribution in [0.15, 0.2) is 66.2 Å². The first-order valence-electron chi connectivity index (χ1n) is 7.37. The standard InChI is InChI=1S/C19H17NO2/c21-18-17(13-16-9-5-2-6-10-16)14-20(19(18)22)12-11-15-7-3-1-4-8-15/h1-10,13H,11-12,14H2/b17-13-. The molecule has 1 aliphatic heterocycles. The van der Waals surface area contributed by atoms with Crippen LogP contribution < -0.4 is 0 Å². The van der Waals surface area contributed by atoms with Crippen LogP contribution in [0, 0.1) is 0 Å². The fourth-order valence-corrected chi connectivity index (χ4v) is 2.58. The van der Waals surface area contributed by atoms with Crippen LogP contribution in [0.25, 0.3) is 6.08 Å². The molecule has 0 saturated carbocycles. The number of likely N-dealkylation sites (tertiary alicyclic amines) is 1. The summed E-state index contributed by atoms with van der Waals surface area (Å²) in [5.74, 6) is -0.768. The predicted molar refractivity (Wildman–Crippen MR) is 86.2 cm³/mol. The van der Waals surface area contributed by atoms with Gasteiger partial charge in [-0.1, -0.05) is 60.7 Å². The maximum atomic E-state index is 12.1. The van der Waals surface area contributed by atoms with Crippen LogP contribution in [0.2, 0.25) is 0 Å². The van der Waals surface area contributed by atoms with Crippen LogP contribution in [-0.2, 0) is 16.0 Å². The van der Waals surface area contributed by atoms with Crippen LogP contribution in [-0.4, -0.2) is 29.7 Å². The second-order valence-corrected chi connectivity index (χ2v) is 5.37. The van der Waals surface area contributed by atoms with Gasteiger partial charge in [-0.2, -0.15) is 0 Å². The van der Waals surface area contributed by atoms with Crippen molar-refractivity contribution in [1.82, 2.24) is 4.90 Å². The summed E-state index contributed by atoms with van der Waals surface area (Å²) in [5, 5.41) is 0. The molecule has 3 rings (SSSR count). The third-order valence-electron chi connectivity index (χ3n) is 3.79. The van der Waals surface area contributed by atoms with E-state index in [0.717, 1.165) is 12.0 Å². The number of carbonyl (C=O) groups excluding carboxylic acids is 2. The molecule has 3 heteroatoms. The molecule has 0 unspecified atom stereocenters. The van der Waals surface area contributed by atoms with E-state index >= 15 is 0 Å². The monoisotopic (exact) mass is 291 g/mol. The lowest BCUT2D eigenvalue weighted by Crippen LogP contribution is -2.29. The van der Waals surface area contributed by atoms with Gasteiger partial charge in [0.1, 0.15) is 0 Å². The Bertz CT molecular complexity index is 705. The molecular weight excluding hydrogens is 274 g/mol. The zero-order valence-corrected chi connectivity index (χ0v) is 12.2. The van der Waals surface area contributed by atoms with Crippen LogP contribution in [0.3, 0.4) is 0 Å². The normalized spacial score (nSPS) is 16.5. The molecule has 110 valence electrons. The highest BCUT2D eigenvalue weighted by Gasteiger charge is 2.33. The molecule has 0 aliphatic carbocycles. The maximum absolute atomic E-state index is 12.1. The van der Waals surface area contributed by atoms with Crippen LogP contribution >= 0.6 is 0 Å². The Hall–Kier alpha value is -2.68. The van der Waals surface area contributed by atoms with Gasteiger partial charge in [-0.15, -0.1) is 0 Å². The lowest BCUT2D eigenvalue weighted by molar-refractivity contribution is -0.139. The Balaban J connectivity index is 1.69. The number of amides is 1. The first-order chi connectivity index (χ1) is 10.7. The van der Waals surface area contributed by atoms with E-state index in [-0.39, 0.29) is 5.78 Å². The number of benzene rings is 2. The second-order valence-electron chi connectivity index (χ2n) is 5.37. The molecule has 0 radical (unpaired) electrons. The quantitative estimate of drug-likeness (QED) is 0.641. The topological polar surface area (TPSA) is 37.4 Å². The van der Waals surface area contributed by atoms with E-state index in [1.807, 2.05) is 66.7 Å². The molecule has 0 N–H and O–H groups in total. The van der Waals surface area contributed by atoms with Crippen molar-refractivity contribution < 1.29 is 9.59 Å². The van der Waals surface area contributed by atoms with Gasteiger partial charge in [-0.05, 0) is 23.6 Å². The number of hydrogen-bond donors (Lipinski definition) is 0. The van der Waals surface area contributed by atoms with Crippen molar-refractivity contribution in [3.05, 3.63) is 77.4 Å². The van der Waals surface area contributed by atoms with Crippen molar-refractivity contribution in [1.29, 1.82) is 0 Å². The largest absolute Gasteiger partial charge is 0.331 e. The van der Waals surface area contributed by atoms with Gasteiger partial charge in [-0.3, -0.25) is 9.59 Å². The summed E-state index contributed by atoms with van der Waals surface area (Å²) < 4.78 is 0. The molecule has 0 bridgehead atoms. The van der Waals surface area contributed by atoms with Gasteiger partial charge in [0.05, 0.1) is 6.54 Å². The fourth-order valence-electron chi connectivity index (χ4n) is 2.58. The van der Waals surface area contributed by atoms with Gasteiger partial charge in [0.2, 0.25) is 5.78 Å². The lowest BCUT2D eigenvalue weighted by Gasteiger charge is -2.13. The van der Waals surface area contributed by atoms with E-state index in [9.17, 15) is 9.59 Å². The van der Waals surface area contributed by atoms with E-state index in [2.05, 4.69) is 0 Å². The number of ketones is 1. The molecule has 1 amide bonds. The van der Waals surface area contributed by atoms with E-state index in [1.165, 1.54) is 5.56 Å². The molecule has 22 heavy (non-hydrogen) atoms. The van der Waals surface area contributed by atoms with Crippen molar-refractivity contribution >= 4 is 17.8 Å². The van der Waals surface area contributed by atoms with Gasteiger partial charge in [-0.25, -0.2) is 0 Å². The summed E-state index contributed by atoms with van der Waals surface area (Å²) in [7, 11) is 0. The number of carbonyl (C=O) groups is 2. The molecule has 1 heterocycles. The number of rotatable bonds is 4. The van der Waals surface area contributed by atoms with E-state index in [4.69, 9.17) is 0 Å². The molecule has 1 saturated heterocycles. The number of Topliss-reactive ketones (excluding diaryl/α,β-unsaturated/α-hetero) is 1. The van der Waals surface area contributed by atoms with Gasteiger partial charge in [0.25, 0.3) is 5.91 Å². The molecule has 0 spiro atoms. The highest BCUT2D eigenvalue weighted by atomic mass is 16.2. The van der Waals surface area contributed by atoms with Crippen molar-refractivity contribution in [3.63, 3.8) is 0 Å². The average Bonchev–Trinajstić information content (AvgIpc) is 2.83. The van der Waals surface area contributed by atoms with Crippen LogP contribution in [0.4, 0.5) is 0 Å². The van der Waals surface area contributed by atoms with Crippen LogP contribution in [0.5, 0.6) is 0 Å². The maximum Gasteiger partial charge on any atom is 0.294 e. The summed E-state index contributed by atoms with van der Waals surface area (Å²) >= 11 is 0. The molecule has 3 nitrogen and oxygen atoms in total. The number of hydrogen-bond acceptors (Lipinski definition) is 2. The first-order valence-corrected chi connectivity index (χ1v) is 7.37. The summed E-state index contributed by atoms with van der Waals surface area (Å²) in [6, 6.07) is 19.6. The van der Waals surface area contributed by atoms with Crippen molar-refractivity contribution in [2.45, 2.75) is 6.42 Å². The van der Waals surface area contributed by atoms with Gasteiger partial charge in [0, 0.05) is 12.1 Å². The number of nitrogens with zero attached hydrogens (tertiary/aromatic N) is 1. The SMILES string of the molecule is O=C1C(=O)N(CCc2ccccc2)C/C1=C/c1ccccc1. The Morgan fingerprint density at radius 2 is 1.55 bits per heavy atom. The van der Waals surface area contributed by atoms with Crippen LogP contribution in [0.1, 0.15) is 11.1 Å². The van der Waals surface area contributed by atoms with Gasteiger partial charge in [0.15, 0.2) is 0 Å². The zero-order valence-electron chi connectivity index (χ0n) is 12.2. The molecule has 2 aromatic carbocycles. The fraction of sp³-hybridized carbons (Fsp3) is 0.158. The third kappa shape index (κ3) is 3.14. The van der Waals surface area contributed by atoms with Gasteiger partial charge < -0.3 is 4.90 Å². The highest BCUT2D eigenvalue weighted by Crippen LogP contribution is 2.17. The second kappa shape index (κ2) is 6.39. The Morgan fingerprint density at radius 3 is 2.23 bits per heavy atom. The lowest BCUT2D eigenvalue weighted by atomic mass is 10.1. The summed E-state index contributed by atoms with van der Waals surface area (Å²) in [6.45, 7) is 0.972. The Morgan fingerprint density at radius 1 is 0.909 bits per heavy atom. The molecule has 1 aliphatic rings. The van der Waals surface area contributed by atoms with E-state index < -0.39 is 5.91 Å². The Labute approximate surface area is 129 Å². The minimum atomic E-state index is -0.391. The predicted octanol–water partition coefficient (Wildman–Crippen LogP) is 2.72. The Kier molecular flexibility index (Phi) is 4.15. The van der Waals surface area contributed by atoms with Gasteiger partial charge >= 0.3 is 0 Å². The third-order valence-corrected chi connectivity index (χ3v) is 3.79. The van der Waals surface area contributed by atoms with Crippen molar-refractivity contribution in [2.24, 2.45) is 0 Å².